The molecule has 0 aliphatic carbocycles. The van der Waals surface area contributed by atoms with Gasteiger partial charge in [0.2, 0.25) is 11.8 Å². The van der Waals surface area contributed by atoms with Crippen LogP contribution in [0.15, 0.2) is 30.3 Å². The normalized spacial score (nSPS) is 28.0. The SMILES string of the molecule is CC1(C)S[C@@H]2[C@@H](NC(=O)Cc3ccccc3)C(=O)N2[C@@H]1C(=O)O. The number of nitrogens with one attached hydrogen (secondary N) is 1. The van der Waals surface area contributed by atoms with E-state index < -0.39 is 22.8 Å². The maximum Gasteiger partial charge on any atom is 0.327 e. The van der Waals surface area contributed by atoms with Crippen molar-refractivity contribution in [3.8, 4) is 0 Å². The molecule has 0 unspecified atom stereocenters. The third-order valence-corrected chi connectivity index (χ3v) is 5.77. The van der Waals surface area contributed by atoms with E-state index in [9.17, 15) is 19.5 Å². The summed E-state index contributed by atoms with van der Waals surface area (Å²) in [6.07, 6.45) is 0.202. The van der Waals surface area contributed by atoms with Crippen LogP contribution in [0.2, 0.25) is 0 Å². The van der Waals surface area contributed by atoms with Gasteiger partial charge in [0, 0.05) is 4.75 Å². The van der Waals surface area contributed by atoms with Gasteiger partial charge in [0.25, 0.3) is 0 Å². The van der Waals surface area contributed by atoms with Crippen molar-refractivity contribution in [3.05, 3.63) is 35.9 Å². The smallest absolute Gasteiger partial charge is 0.327 e. The predicted molar refractivity (Wildman–Crippen MR) is 85.8 cm³/mol. The number of rotatable bonds is 4. The Bertz CT molecular complexity index is 661. The number of benzene rings is 1. The highest BCUT2D eigenvalue weighted by molar-refractivity contribution is 8.01. The Kier molecular flexibility index (Phi) is 3.83. The summed E-state index contributed by atoms with van der Waals surface area (Å²) < 4.78 is -0.578. The molecule has 0 spiro atoms. The fraction of sp³-hybridized carbons (Fsp3) is 0.438. The van der Waals surface area contributed by atoms with Crippen LogP contribution in [0.25, 0.3) is 0 Å². The van der Waals surface area contributed by atoms with Crippen molar-refractivity contribution >= 4 is 29.5 Å². The lowest BCUT2D eigenvalue weighted by molar-refractivity contribution is -0.161. The number of hydrogen-bond donors (Lipinski definition) is 2. The first-order valence-corrected chi connectivity index (χ1v) is 8.25. The van der Waals surface area contributed by atoms with E-state index in [1.54, 1.807) is 0 Å². The summed E-state index contributed by atoms with van der Waals surface area (Å²) >= 11 is 1.42. The molecule has 0 radical (unpaired) electrons. The van der Waals surface area contributed by atoms with Gasteiger partial charge < -0.3 is 15.3 Å². The highest BCUT2D eigenvalue weighted by Gasteiger charge is 2.64. The van der Waals surface area contributed by atoms with Crippen molar-refractivity contribution in [2.75, 3.05) is 0 Å². The number of carbonyl (C=O) groups is 3. The number of fused-ring (bicyclic) bond motifs is 1. The van der Waals surface area contributed by atoms with Crippen molar-refractivity contribution in [2.45, 2.75) is 42.5 Å². The Balaban J connectivity index is 1.66. The van der Waals surface area contributed by atoms with E-state index in [4.69, 9.17) is 0 Å². The highest BCUT2D eigenvalue weighted by atomic mass is 32.2. The maximum atomic E-state index is 12.3. The maximum absolute atomic E-state index is 12.3. The van der Waals surface area contributed by atoms with Crippen molar-refractivity contribution in [3.63, 3.8) is 0 Å². The molecule has 1 aromatic rings. The van der Waals surface area contributed by atoms with Crippen LogP contribution in [-0.2, 0) is 20.8 Å². The second-order valence-corrected chi connectivity index (χ2v) is 8.08. The molecule has 0 bridgehead atoms. The van der Waals surface area contributed by atoms with Crippen LogP contribution < -0.4 is 5.32 Å². The molecular weight excluding hydrogens is 316 g/mol. The molecule has 2 fully saturated rings. The molecule has 3 rings (SSSR count). The van der Waals surface area contributed by atoms with Crippen LogP contribution in [0, 0.1) is 0 Å². The van der Waals surface area contributed by atoms with Gasteiger partial charge in [-0.1, -0.05) is 30.3 Å². The number of aliphatic carboxylic acids is 1. The Morgan fingerprint density at radius 2 is 1.96 bits per heavy atom. The number of amides is 2. The Morgan fingerprint density at radius 3 is 2.57 bits per heavy atom. The molecule has 2 heterocycles. The fourth-order valence-corrected chi connectivity index (χ4v) is 4.78. The van der Waals surface area contributed by atoms with Crippen molar-refractivity contribution in [1.82, 2.24) is 10.2 Å². The van der Waals surface area contributed by atoms with E-state index in [2.05, 4.69) is 5.32 Å². The van der Waals surface area contributed by atoms with E-state index in [0.717, 1.165) is 5.56 Å². The fourth-order valence-electron chi connectivity index (χ4n) is 3.15. The minimum atomic E-state index is -1.01. The third-order valence-electron chi connectivity index (χ3n) is 4.20. The molecule has 1 aromatic carbocycles. The van der Waals surface area contributed by atoms with E-state index >= 15 is 0 Å². The lowest BCUT2D eigenvalue weighted by atomic mass is 9.96. The van der Waals surface area contributed by atoms with Crippen molar-refractivity contribution < 1.29 is 19.5 Å². The third kappa shape index (κ3) is 2.69. The van der Waals surface area contributed by atoms with Gasteiger partial charge in [-0.25, -0.2) is 4.79 Å². The average Bonchev–Trinajstić information content (AvgIpc) is 2.74. The largest absolute Gasteiger partial charge is 0.480 e. The van der Waals surface area contributed by atoms with Gasteiger partial charge in [-0.05, 0) is 19.4 Å². The van der Waals surface area contributed by atoms with Gasteiger partial charge >= 0.3 is 5.97 Å². The average molecular weight is 334 g/mol. The van der Waals surface area contributed by atoms with Crippen LogP contribution >= 0.6 is 11.8 Å². The van der Waals surface area contributed by atoms with Gasteiger partial charge in [0.05, 0.1) is 6.42 Å². The summed E-state index contributed by atoms with van der Waals surface area (Å²) in [6, 6.07) is 7.78. The number of hydrogen-bond acceptors (Lipinski definition) is 4. The monoisotopic (exact) mass is 334 g/mol. The van der Waals surface area contributed by atoms with Crippen LogP contribution in [0.1, 0.15) is 19.4 Å². The minimum absolute atomic E-state index is 0.202. The zero-order valence-electron chi connectivity index (χ0n) is 12.9. The minimum Gasteiger partial charge on any atom is -0.480 e. The number of carbonyl (C=O) groups excluding carboxylic acids is 2. The molecule has 7 heteroatoms. The number of carboxylic acid groups (broad SMARTS) is 1. The summed E-state index contributed by atoms with van der Waals surface area (Å²) in [4.78, 5) is 37.2. The highest BCUT2D eigenvalue weighted by Crippen LogP contribution is 2.50. The predicted octanol–water partition coefficient (Wildman–Crippen LogP) is 0.861. The Morgan fingerprint density at radius 1 is 1.30 bits per heavy atom. The molecule has 2 N–H and O–H groups in total. The number of thioether (sulfide) groups is 1. The first-order valence-electron chi connectivity index (χ1n) is 7.37. The molecule has 2 aliphatic rings. The van der Waals surface area contributed by atoms with Crippen LogP contribution in [-0.4, -0.2) is 50.0 Å². The van der Waals surface area contributed by atoms with Crippen molar-refractivity contribution in [2.24, 2.45) is 0 Å². The lowest BCUT2D eigenvalue weighted by Crippen LogP contribution is -2.70. The van der Waals surface area contributed by atoms with Gasteiger partial charge in [0.15, 0.2) is 0 Å². The molecule has 0 aromatic heterocycles. The summed E-state index contributed by atoms with van der Waals surface area (Å²) in [5.41, 5.74) is 0.872. The molecule has 2 amide bonds. The quantitative estimate of drug-likeness (QED) is 0.798. The van der Waals surface area contributed by atoms with Crippen LogP contribution in [0.3, 0.4) is 0 Å². The molecule has 2 saturated heterocycles. The summed E-state index contributed by atoms with van der Waals surface area (Å²) in [6.45, 7) is 3.62. The van der Waals surface area contributed by atoms with Gasteiger partial charge in [-0.3, -0.25) is 9.59 Å². The van der Waals surface area contributed by atoms with Crippen LogP contribution in [0.4, 0.5) is 0 Å². The standard InChI is InChI=1S/C16H18N2O4S/c1-16(2)12(15(21)22)18-13(20)11(14(18)23-16)17-10(19)8-9-6-4-3-5-7-9/h3-7,11-12,14H,8H2,1-2H3,(H,17,19)(H,21,22)/t11-,12+,14+/m0/s1. The Labute approximate surface area is 138 Å². The number of carboxylic acids is 1. The molecule has 2 aliphatic heterocycles. The van der Waals surface area contributed by atoms with Crippen LogP contribution in [0.5, 0.6) is 0 Å². The van der Waals surface area contributed by atoms with E-state index in [1.165, 1.54) is 16.7 Å². The topological polar surface area (TPSA) is 86.7 Å². The lowest BCUT2D eigenvalue weighted by Gasteiger charge is -2.43. The van der Waals surface area contributed by atoms with Gasteiger partial charge in [-0.2, -0.15) is 0 Å². The second-order valence-electron chi connectivity index (χ2n) is 6.31. The van der Waals surface area contributed by atoms with E-state index in [0.29, 0.717) is 0 Å². The van der Waals surface area contributed by atoms with Gasteiger partial charge in [-0.15, -0.1) is 11.8 Å². The second kappa shape index (κ2) is 5.56. The summed E-state index contributed by atoms with van der Waals surface area (Å²) in [7, 11) is 0. The van der Waals surface area contributed by atoms with Gasteiger partial charge in [0.1, 0.15) is 17.5 Å². The molecule has 122 valence electrons. The zero-order chi connectivity index (χ0) is 16.8. The summed E-state index contributed by atoms with van der Waals surface area (Å²) in [5, 5.41) is 11.8. The first-order chi connectivity index (χ1) is 10.8. The van der Waals surface area contributed by atoms with E-state index in [1.807, 2.05) is 44.2 Å². The Hall–Kier alpha value is -2.02. The molecule has 23 heavy (non-hydrogen) atoms. The number of nitrogens with zero attached hydrogens (tertiary/aromatic N) is 1. The summed E-state index contributed by atoms with van der Waals surface area (Å²) in [5.74, 6) is -1.55. The van der Waals surface area contributed by atoms with E-state index in [-0.39, 0.29) is 23.6 Å². The van der Waals surface area contributed by atoms with Crippen molar-refractivity contribution in [1.29, 1.82) is 0 Å². The zero-order valence-corrected chi connectivity index (χ0v) is 13.7. The first kappa shape index (κ1) is 15.9. The molecule has 3 atom stereocenters. The molecule has 0 saturated carbocycles. The number of β-lactam (4-membered cyclic amide) rings is 1. The molecule has 6 nitrogen and oxygen atoms in total. The molecular formula is C16H18N2O4S.